The first-order chi connectivity index (χ1) is 29.7. The lowest BCUT2D eigenvalue weighted by molar-refractivity contribution is -0.654. The van der Waals surface area contributed by atoms with Crippen LogP contribution in [0.5, 0.6) is 17.2 Å². The van der Waals surface area contributed by atoms with Crippen molar-refractivity contribution in [2.45, 2.75) is 164 Å². The summed E-state index contributed by atoms with van der Waals surface area (Å²) in [7, 11) is 1.95. The maximum absolute atomic E-state index is 12.0. The second kappa shape index (κ2) is 24.7. The number of hydrogen-bond acceptors (Lipinski definition) is 5. The molecule has 0 bridgehead atoms. The Hall–Kier alpha value is -4.65. The Bertz CT molecular complexity index is 2070. The van der Waals surface area contributed by atoms with Crippen LogP contribution in [0.4, 0.5) is 0 Å². The van der Waals surface area contributed by atoms with E-state index in [1.165, 1.54) is 107 Å². The second-order valence-electron chi connectivity index (χ2n) is 17.7. The maximum atomic E-state index is 12.0. The molecule has 5 rings (SSSR count). The van der Waals surface area contributed by atoms with Crippen LogP contribution in [0.25, 0.3) is 34.3 Å². The molecule has 0 aliphatic rings. The van der Waals surface area contributed by atoms with Crippen LogP contribution in [0.1, 0.15) is 159 Å². The number of aromatic hydroxyl groups is 2. The van der Waals surface area contributed by atoms with Gasteiger partial charge in [-0.15, -0.1) is 0 Å². The molecule has 330 valence electrons. The molecule has 7 heteroatoms. The Balaban J connectivity index is 1.51. The van der Waals surface area contributed by atoms with E-state index < -0.39 is 0 Å². The number of rotatable bonds is 27. The van der Waals surface area contributed by atoms with Crippen LogP contribution < -0.4 is 9.30 Å². The zero-order valence-electron chi connectivity index (χ0n) is 38.8. The molecule has 0 radical (unpaired) electrons. The van der Waals surface area contributed by atoms with Crippen molar-refractivity contribution in [3.8, 4) is 51.5 Å². The number of aromatic nitrogens is 4. The lowest BCUT2D eigenvalue weighted by Crippen LogP contribution is -2.37. The Morgan fingerprint density at radius 1 is 0.607 bits per heavy atom. The van der Waals surface area contributed by atoms with Gasteiger partial charge in [0.1, 0.15) is 22.9 Å². The zero-order valence-corrected chi connectivity index (χ0v) is 38.8. The van der Waals surface area contributed by atoms with Crippen molar-refractivity contribution in [3.05, 3.63) is 95.2 Å². The molecule has 61 heavy (non-hydrogen) atoms. The monoisotopic (exact) mass is 830 g/mol. The summed E-state index contributed by atoms with van der Waals surface area (Å²) < 4.78 is 10.6. The van der Waals surface area contributed by atoms with Gasteiger partial charge in [-0.05, 0) is 98.4 Å². The van der Waals surface area contributed by atoms with E-state index in [1.54, 1.807) is 0 Å². The number of aryl methyl sites for hydroxylation is 1. The summed E-state index contributed by atoms with van der Waals surface area (Å²) in [5.41, 5.74) is 6.02. The third-order valence-electron chi connectivity index (χ3n) is 12.9. The zero-order chi connectivity index (χ0) is 43.6. The summed E-state index contributed by atoms with van der Waals surface area (Å²) in [6, 6.07) is 22.6. The van der Waals surface area contributed by atoms with E-state index >= 15 is 0 Å². The molecule has 2 unspecified atom stereocenters. The van der Waals surface area contributed by atoms with Gasteiger partial charge in [-0.1, -0.05) is 164 Å². The highest BCUT2D eigenvalue weighted by Gasteiger charge is 2.30. The molecule has 0 amide bonds. The molecule has 2 heterocycles. The number of nitrogens with zero attached hydrogens (tertiary/aromatic N) is 4. The maximum Gasteiger partial charge on any atom is 0.312 e. The van der Waals surface area contributed by atoms with Crippen LogP contribution in [0.15, 0.2) is 72.9 Å². The quantitative estimate of drug-likeness (QED) is 0.0407. The number of phenols is 2. The fourth-order valence-corrected chi connectivity index (χ4v) is 8.83. The first kappa shape index (κ1) is 47.4. The van der Waals surface area contributed by atoms with Crippen LogP contribution in [0.2, 0.25) is 0 Å². The molecule has 0 spiro atoms. The van der Waals surface area contributed by atoms with Gasteiger partial charge < -0.3 is 19.5 Å². The molecular weight excluding hydrogens is 753 g/mol. The van der Waals surface area contributed by atoms with E-state index in [0.717, 1.165) is 30.5 Å². The van der Waals surface area contributed by atoms with E-state index in [4.69, 9.17) is 14.7 Å². The average Bonchev–Trinajstić information content (AvgIpc) is 3.73. The highest BCUT2D eigenvalue weighted by Crippen LogP contribution is 2.39. The summed E-state index contributed by atoms with van der Waals surface area (Å²) in [5.74, 6) is 3.91. The standard InChI is InChI=1S/C54H76N4O3/c1-8-12-16-19-26-42(24-14-10-3)31-32-45-33-34-46(50(59)40(45)5)52-55-53(57(7)54(56-52)48-30-23-37-58(48)38-43-27-21-18-22-28-43)47-35-36-49(41(6)51(47)60)61-39-44(25-15-11-4)29-20-17-13-9-2/h18,21-23,27-28,30,33-37,42,44H,8-17,19-20,24-26,29,31-32,38-39H2,1-7H3,(H,55,59,60)/p+1. The summed E-state index contributed by atoms with van der Waals surface area (Å²) in [6.07, 6.45) is 24.1. The summed E-state index contributed by atoms with van der Waals surface area (Å²) in [6.45, 7) is 14.3. The molecule has 0 fully saturated rings. The molecule has 0 aliphatic heterocycles. The minimum atomic E-state index is 0.138. The highest BCUT2D eigenvalue weighted by molar-refractivity contribution is 5.72. The largest absolute Gasteiger partial charge is 0.507 e. The van der Waals surface area contributed by atoms with Gasteiger partial charge in [-0.3, -0.25) is 0 Å². The van der Waals surface area contributed by atoms with Crippen LogP contribution in [0, 0.1) is 25.7 Å². The predicted octanol–water partition coefficient (Wildman–Crippen LogP) is 14.0. The minimum Gasteiger partial charge on any atom is -0.507 e. The van der Waals surface area contributed by atoms with Crippen molar-refractivity contribution in [1.82, 2.24) is 14.5 Å². The van der Waals surface area contributed by atoms with Gasteiger partial charge in [0.2, 0.25) is 0 Å². The molecule has 0 aliphatic carbocycles. The number of ether oxygens (including phenoxy) is 1. The van der Waals surface area contributed by atoms with Crippen LogP contribution >= 0.6 is 0 Å². The van der Waals surface area contributed by atoms with Gasteiger partial charge in [-0.25, -0.2) is 4.57 Å². The van der Waals surface area contributed by atoms with Crippen molar-refractivity contribution in [2.75, 3.05) is 6.61 Å². The molecule has 2 N–H and O–H groups in total. The normalized spacial score (nSPS) is 12.5. The van der Waals surface area contributed by atoms with Crippen LogP contribution in [0.3, 0.4) is 0 Å². The third kappa shape index (κ3) is 13.2. The fraction of sp³-hybridized carbons (Fsp3) is 0.537. The van der Waals surface area contributed by atoms with Crippen molar-refractivity contribution in [2.24, 2.45) is 18.9 Å². The Labute approximate surface area is 368 Å². The molecular formula is C54H77N4O3+. The molecule has 7 nitrogen and oxygen atoms in total. The van der Waals surface area contributed by atoms with Gasteiger partial charge in [0.15, 0.2) is 0 Å². The Kier molecular flexibility index (Phi) is 19.2. The summed E-state index contributed by atoms with van der Waals surface area (Å²) in [5, 5.41) is 23.9. The number of hydrogen-bond donors (Lipinski definition) is 2. The fourth-order valence-electron chi connectivity index (χ4n) is 8.83. The first-order valence-electron chi connectivity index (χ1n) is 23.9. The average molecular weight is 830 g/mol. The predicted molar refractivity (Wildman–Crippen MR) is 253 cm³/mol. The van der Waals surface area contributed by atoms with E-state index in [1.807, 2.05) is 55.8 Å². The summed E-state index contributed by atoms with van der Waals surface area (Å²) in [4.78, 5) is 10.4. The van der Waals surface area contributed by atoms with Gasteiger partial charge in [0, 0.05) is 18.3 Å². The van der Waals surface area contributed by atoms with Gasteiger partial charge >= 0.3 is 5.82 Å². The lowest BCUT2D eigenvalue weighted by atomic mass is 9.88. The Morgan fingerprint density at radius 2 is 1.21 bits per heavy atom. The molecule has 2 atom stereocenters. The van der Waals surface area contributed by atoms with Crippen molar-refractivity contribution < 1.29 is 19.5 Å². The molecule has 0 saturated heterocycles. The van der Waals surface area contributed by atoms with Crippen molar-refractivity contribution in [1.29, 1.82) is 0 Å². The smallest absolute Gasteiger partial charge is 0.312 e. The molecule has 3 aromatic carbocycles. The second-order valence-corrected chi connectivity index (χ2v) is 17.7. The minimum absolute atomic E-state index is 0.138. The van der Waals surface area contributed by atoms with E-state index in [9.17, 15) is 10.2 Å². The SMILES string of the molecule is CCCCCCC(CCCC)CCc1ccc(-c2nc(-c3ccc(OCC(CCCC)CCCCCC)c(C)c3O)[n+](C)c(-c3cccn3Cc3ccccc3)n2)c(O)c1C. The highest BCUT2D eigenvalue weighted by atomic mass is 16.5. The molecule has 2 aromatic heterocycles. The lowest BCUT2D eigenvalue weighted by Gasteiger charge is -2.19. The van der Waals surface area contributed by atoms with Gasteiger partial charge in [-0.2, -0.15) is 0 Å². The van der Waals surface area contributed by atoms with Gasteiger partial charge in [0.05, 0.1) is 24.8 Å². The topological polar surface area (TPSA) is 84.3 Å². The first-order valence-corrected chi connectivity index (χ1v) is 23.9. The summed E-state index contributed by atoms with van der Waals surface area (Å²) >= 11 is 0. The number of benzene rings is 3. The van der Waals surface area contributed by atoms with Crippen molar-refractivity contribution >= 4 is 0 Å². The number of phenolic OH excluding ortho intramolecular Hbond substituents is 2. The van der Waals surface area contributed by atoms with E-state index in [-0.39, 0.29) is 11.5 Å². The van der Waals surface area contributed by atoms with Crippen LogP contribution in [-0.2, 0) is 20.0 Å². The van der Waals surface area contributed by atoms with Crippen LogP contribution in [-0.4, -0.2) is 31.4 Å². The Morgan fingerprint density at radius 3 is 1.90 bits per heavy atom. The number of unbranched alkanes of at least 4 members (excludes halogenated alkanes) is 8. The third-order valence-corrected chi connectivity index (χ3v) is 12.9. The van der Waals surface area contributed by atoms with E-state index in [0.29, 0.717) is 64.9 Å². The van der Waals surface area contributed by atoms with Crippen molar-refractivity contribution in [3.63, 3.8) is 0 Å². The van der Waals surface area contributed by atoms with Gasteiger partial charge in [0.25, 0.3) is 11.6 Å². The molecule has 0 saturated carbocycles. The van der Waals surface area contributed by atoms with E-state index in [2.05, 4.69) is 74.9 Å². The molecule has 5 aromatic rings.